The molecule has 2 rings (SSSR count). The Bertz CT molecular complexity index is 505. The molecule has 0 spiro atoms. The van der Waals surface area contributed by atoms with E-state index in [0.717, 1.165) is 12.8 Å². The molecule has 1 aliphatic carbocycles. The van der Waals surface area contributed by atoms with Gasteiger partial charge in [-0.05, 0) is 37.1 Å². The zero-order valence-corrected chi connectivity index (χ0v) is 11.9. The smallest absolute Gasteiger partial charge is 0.329 e. The molecule has 114 valence electrons. The molecule has 6 nitrogen and oxygen atoms in total. The van der Waals surface area contributed by atoms with Crippen LogP contribution in [0.2, 0.25) is 0 Å². The molecule has 21 heavy (non-hydrogen) atoms. The molecule has 0 atom stereocenters. The lowest BCUT2D eigenvalue weighted by Crippen LogP contribution is -2.53. The third kappa shape index (κ3) is 3.65. The van der Waals surface area contributed by atoms with Gasteiger partial charge in [0.25, 0.3) is 5.91 Å². The van der Waals surface area contributed by atoms with E-state index in [1.807, 2.05) is 0 Å². The third-order valence-corrected chi connectivity index (χ3v) is 3.67. The van der Waals surface area contributed by atoms with Gasteiger partial charge in [0.1, 0.15) is 17.0 Å². The lowest BCUT2D eigenvalue weighted by atomic mass is 9.98. The molecule has 0 heterocycles. The van der Waals surface area contributed by atoms with Crippen LogP contribution in [0.4, 0.5) is 0 Å². The van der Waals surface area contributed by atoms with Crippen LogP contribution in [0.3, 0.4) is 0 Å². The highest BCUT2D eigenvalue weighted by atomic mass is 16.5. The largest absolute Gasteiger partial charge is 0.497 e. The number of hydrogen-bond acceptors (Lipinski definition) is 4. The number of hydrogen-bond donors (Lipinski definition) is 2. The summed E-state index contributed by atoms with van der Waals surface area (Å²) in [6, 6.07) is 6.83. The molecule has 1 fully saturated rings. The number of carboxylic acid groups (broad SMARTS) is 1. The van der Waals surface area contributed by atoms with Gasteiger partial charge >= 0.3 is 5.97 Å². The molecule has 6 heteroatoms. The summed E-state index contributed by atoms with van der Waals surface area (Å²) < 4.78 is 10.4. The second-order valence-corrected chi connectivity index (χ2v) is 5.11. The summed E-state index contributed by atoms with van der Waals surface area (Å²) in [4.78, 5) is 23.2. The van der Waals surface area contributed by atoms with Crippen molar-refractivity contribution in [2.45, 2.75) is 31.2 Å². The standard InChI is InChI=1S/C15H19NO5/c1-20-11-4-6-12(7-5-11)21-10-13(17)16-15(14(18)19)8-2-3-9-15/h4-7H,2-3,8-10H2,1H3,(H,16,17)(H,18,19). The predicted molar refractivity (Wildman–Crippen MR) is 75.5 cm³/mol. The highest BCUT2D eigenvalue weighted by molar-refractivity contribution is 5.87. The SMILES string of the molecule is COc1ccc(OCC(=O)NC2(C(=O)O)CCCC2)cc1. The minimum Gasteiger partial charge on any atom is -0.497 e. The number of aliphatic carboxylic acids is 1. The highest BCUT2D eigenvalue weighted by Crippen LogP contribution is 2.29. The van der Waals surface area contributed by atoms with E-state index in [1.165, 1.54) is 0 Å². The molecule has 0 bridgehead atoms. The summed E-state index contributed by atoms with van der Waals surface area (Å²) in [7, 11) is 1.57. The second kappa shape index (κ2) is 6.47. The monoisotopic (exact) mass is 293 g/mol. The number of benzene rings is 1. The van der Waals surface area contributed by atoms with Crippen LogP contribution < -0.4 is 14.8 Å². The minimum atomic E-state index is -1.12. The maximum absolute atomic E-state index is 11.9. The van der Waals surface area contributed by atoms with E-state index < -0.39 is 17.4 Å². The van der Waals surface area contributed by atoms with Gasteiger partial charge < -0.3 is 19.9 Å². The van der Waals surface area contributed by atoms with Crippen molar-refractivity contribution >= 4 is 11.9 Å². The fourth-order valence-electron chi connectivity index (χ4n) is 2.49. The first-order valence-electron chi connectivity index (χ1n) is 6.87. The van der Waals surface area contributed by atoms with Gasteiger partial charge in [-0.3, -0.25) is 4.79 Å². The van der Waals surface area contributed by atoms with Crippen LogP contribution in [0, 0.1) is 0 Å². The molecule has 1 aliphatic rings. The van der Waals surface area contributed by atoms with Gasteiger partial charge in [0.05, 0.1) is 7.11 Å². The van der Waals surface area contributed by atoms with E-state index in [4.69, 9.17) is 9.47 Å². The van der Waals surface area contributed by atoms with E-state index in [0.29, 0.717) is 24.3 Å². The number of carbonyl (C=O) groups excluding carboxylic acids is 1. The summed E-state index contributed by atoms with van der Waals surface area (Å²) in [5.74, 6) is -0.169. The number of nitrogens with one attached hydrogen (secondary N) is 1. The zero-order chi connectivity index (χ0) is 15.3. The normalized spacial score (nSPS) is 16.2. The molecule has 0 aromatic heterocycles. The van der Waals surface area contributed by atoms with E-state index in [9.17, 15) is 14.7 Å². The summed E-state index contributed by atoms with van der Waals surface area (Å²) in [6.07, 6.45) is 2.56. The number of ether oxygens (including phenoxy) is 2. The zero-order valence-electron chi connectivity index (χ0n) is 11.9. The quantitative estimate of drug-likeness (QED) is 0.832. The molecule has 0 radical (unpaired) electrons. The van der Waals surface area contributed by atoms with Crippen molar-refractivity contribution in [1.29, 1.82) is 0 Å². The Morgan fingerprint density at radius 3 is 2.29 bits per heavy atom. The molecule has 1 saturated carbocycles. The van der Waals surface area contributed by atoms with Crippen LogP contribution in [0.5, 0.6) is 11.5 Å². The molecule has 0 aliphatic heterocycles. The number of rotatable bonds is 6. The average Bonchev–Trinajstić information content (AvgIpc) is 2.95. The van der Waals surface area contributed by atoms with Crippen molar-refractivity contribution in [3.8, 4) is 11.5 Å². The fourth-order valence-corrected chi connectivity index (χ4v) is 2.49. The predicted octanol–water partition coefficient (Wildman–Crippen LogP) is 1.59. The minimum absolute atomic E-state index is 0.207. The summed E-state index contributed by atoms with van der Waals surface area (Å²) in [6.45, 7) is -0.207. The van der Waals surface area contributed by atoms with Crippen molar-refractivity contribution in [2.75, 3.05) is 13.7 Å². The Kier molecular flexibility index (Phi) is 4.67. The van der Waals surface area contributed by atoms with Crippen LogP contribution in [0.25, 0.3) is 0 Å². The lowest BCUT2D eigenvalue weighted by molar-refractivity contribution is -0.147. The van der Waals surface area contributed by atoms with Gasteiger partial charge in [0, 0.05) is 0 Å². The van der Waals surface area contributed by atoms with Crippen molar-refractivity contribution < 1.29 is 24.2 Å². The highest BCUT2D eigenvalue weighted by Gasteiger charge is 2.42. The van der Waals surface area contributed by atoms with E-state index in [1.54, 1.807) is 31.4 Å². The first kappa shape index (κ1) is 15.2. The van der Waals surface area contributed by atoms with Gasteiger partial charge in [-0.15, -0.1) is 0 Å². The van der Waals surface area contributed by atoms with Gasteiger partial charge in [0.15, 0.2) is 6.61 Å². The van der Waals surface area contributed by atoms with Crippen LogP contribution in [0.15, 0.2) is 24.3 Å². The Balaban J connectivity index is 1.87. The van der Waals surface area contributed by atoms with E-state index in [2.05, 4.69) is 5.32 Å². The number of amides is 1. The van der Waals surface area contributed by atoms with Crippen LogP contribution in [-0.4, -0.2) is 36.2 Å². The van der Waals surface area contributed by atoms with Crippen molar-refractivity contribution in [3.05, 3.63) is 24.3 Å². The summed E-state index contributed by atoms with van der Waals surface area (Å²) in [5, 5.41) is 11.9. The lowest BCUT2D eigenvalue weighted by Gasteiger charge is -2.25. The topological polar surface area (TPSA) is 84.9 Å². The van der Waals surface area contributed by atoms with Crippen LogP contribution in [-0.2, 0) is 9.59 Å². The van der Waals surface area contributed by atoms with E-state index >= 15 is 0 Å². The molecule has 1 aromatic rings. The third-order valence-electron chi connectivity index (χ3n) is 3.67. The molecule has 0 saturated heterocycles. The van der Waals surface area contributed by atoms with Gasteiger partial charge in [0.2, 0.25) is 0 Å². The number of carbonyl (C=O) groups is 2. The molecule has 1 amide bonds. The first-order valence-corrected chi connectivity index (χ1v) is 6.87. The number of carboxylic acids is 1. The van der Waals surface area contributed by atoms with Gasteiger partial charge in [-0.2, -0.15) is 0 Å². The van der Waals surface area contributed by atoms with Crippen molar-refractivity contribution in [2.24, 2.45) is 0 Å². The van der Waals surface area contributed by atoms with Crippen LogP contribution >= 0.6 is 0 Å². The maximum Gasteiger partial charge on any atom is 0.329 e. The molecule has 1 aromatic carbocycles. The Morgan fingerprint density at radius 2 is 1.76 bits per heavy atom. The van der Waals surface area contributed by atoms with E-state index in [-0.39, 0.29) is 6.61 Å². The number of methoxy groups -OCH3 is 1. The van der Waals surface area contributed by atoms with Crippen molar-refractivity contribution in [3.63, 3.8) is 0 Å². The Labute approximate surface area is 123 Å². The molecular formula is C15H19NO5. The van der Waals surface area contributed by atoms with Crippen LogP contribution in [0.1, 0.15) is 25.7 Å². The molecule has 2 N–H and O–H groups in total. The molecule has 0 unspecified atom stereocenters. The Morgan fingerprint density at radius 1 is 1.19 bits per heavy atom. The van der Waals surface area contributed by atoms with Crippen molar-refractivity contribution in [1.82, 2.24) is 5.32 Å². The molecular weight excluding hydrogens is 274 g/mol. The van der Waals surface area contributed by atoms with Gasteiger partial charge in [-0.25, -0.2) is 4.79 Å². The van der Waals surface area contributed by atoms with Gasteiger partial charge in [-0.1, -0.05) is 12.8 Å². The average molecular weight is 293 g/mol. The first-order chi connectivity index (χ1) is 10.1. The Hall–Kier alpha value is -2.24. The summed E-state index contributed by atoms with van der Waals surface area (Å²) in [5.41, 5.74) is -1.12. The summed E-state index contributed by atoms with van der Waals surface area (Å²) >= 11 is 0. The maximum atomic E-state index is 11.9. The second-order valence-electron chi connectivity index (χ2n) is 5.11. The fraction of sp³-hybridized carbons (Fsp3) is 0.467.